The van der Waals surface area contributed by atoms with Crippen molar-refractivity contribution in [2.75, 3.05) is 5.32 Å². The number of fused-ring (bicyclic) bond motifs is 1. The van der Waals surface area contributed by atoms with Gasteiger partial charge in [-0.25, -0.2) is 9.97 Å². The number of nitrogens with one attached hydrogen (secondary N) is 1. The van der Waals surface area contributed by atoms with E-state index >= 15 is 0 Å². The first kappa shape index (κ1) is 15.7. The van der Waals surface area contributed by atoms with Crippen molar-refractivity contribution in [1.82, 2.24) is 15.0 Å². The Hall–Kier alpha value is -3.78. The van der Waals surface area contributed by atoms with Crippen molar-refractivity contribution in [2.45, 2.75) is 6.54 Å². The highest BCUT2D eigenvalue weighted by Gasteiger charge is 2.10. The Morgan fingerprint density at radius 3 is 2.62 bits per heavy atom. The Labute approximate surface area is 151 Å². The van der Waals surface area contributed by atoms with Crippen LogP contribution >= 0.6 is 0 Å². The van der Waals surface area contributed by atoms with E-state index in [2.05, 4.69) is 38.5 Å². The molecule has 0 fully saturated rings. The average molecular weight is 337 g/mol. The normalized spacial score (nSPS) is 10.4. The molecule has 4 rings (SSSR count). The third-order valence-corrected chi connectivity index (χ3v) is 4.05. The van der Waals surface area contributed by atoms with Crippen LogP contribution in [0, 0.1) is 11.3 Å². The fraction of sp³-hybridized carbons (Fsp3) is 0.0476. The van der Waals surface area contributed by atoms with Gasteiger partial charge in [-0.1, -0.05) is 30.3 Å². The Balaban J connectivity index is 1.80. The van der Waals surface area contributed by atoms with Crippen molar-refractivity contribution in [2.24, 2.45) is 0 Å². The monoisotopic (exact) mass is 337 g/mol. The Morgan fingerprint density at radius 1 is 0.962 bits per heavy atom. The van der Waals surface area contributed by atoms with E-state index in [4.69, 9.17) is 0 Å². The molecule has 0 atom stereocenters. The molecule has 0 aliphatic carbocycles. The quantitative estimate of drug-likeness (QED) is 0.605. The second kappa shape index (κ2) is 6.99. The number of benzene rings is 2. The van der Waals surface area contributed by atoms with Gasteiger partial charge in [0.25, 0.3) is 0 Å². The summed E-state index contributed by atoms with van der Waals surface area (Å²) in [6, 6.07) is 21.5. The van der Waals surface area contributed by atoms with Gasteiger partial charge in [0.15, 0.2) is 5.82 Å². The Morgan fingerprint density at radius 2 is 1.85 bits per heavy atom. The van der Waals surface area contributed by atoms with Crippen LogP contribution in [0.15, 0.2) is 73.1 Å². The van der Waals surface area contributed by atoms with Gasteiger partial charge < -0.3 is 5.32 Å². The van der Waals surface area contributed by atoms with Gasteiger partial charge in [0.2, 0.25) is 0 Å². The number of rotatable bonds is 4. The van der Waals surface area contributed by atoms with Crippen LogP contribution in [0.1, 0.15) is 11.1 Å². The van der Waals surface area contributed by atoms with E-state index in [1.165, 1.54) is 0 Å². The summed E-state index contributed by atoms with van der Waals surface area (Å²) in [6.45, 7) is 0.635. The molecule has 0 bridgehead atoms. The van der Waals surface area contributed by atoms with Crippen LogP contribution in [-0.2, 0) is 6.54 Å². The molecule has 0 radical (unpaired) electrons. The van der Waals surface area contributed by atoms with Gasteiger partial charge in [-0.2, -0.15) is 5.26 Å². The fourth-order valence-electron chi connectivity index (χ4n) is 2.74. The van der Waals surface area contributed by atoms with Crippen molar-refractivity contribution in [3.05, 3.63) is 84.2 Å². The zero-order valence-electron chi connectivity index (χ0n) is 13.9. The standard InChI is InChI=1S/C21H15N5/c22-12-16-8-9-19-18(11-16)21(24-13-15-5-2-1-3-6-15)26-20(25-19)17-7-4-10-23-14-17/h1-11,14H,13H2,(H,24,25,26). The Bertz CT molecular complexity index is 1090. The highest BCUT2D eigenvalue weighted by molar-refractivity contribution is 5.91. The van der Waals surface area contributed by atoms with Gasteiger partial charge in [-0.05, 0) is 35.9 Å². The number of hydrogen-bond acceptors (Lipinski definition) is 5. The topological polar surface area (TPSA) is 74.5 Å². The van der Waals surface area contributed by atoms with E-state index in [1.807, 2.05) is 42.5 Å². The molecule has 5 nitrogen and oxygen atoms in total. The molecule has 26 heavy (non-hydrogen) atoms. The smallest absolute Gasteiger partial charge is 0.163 e. The van der Waals surface area contributed by atoms with E-state index < -0.39 is 0 Å². The Kier molecular flexibility index (Phi) is 4.23. The first-order valence-electron chi connectivity index (χ1n) is 8.23. The van der Waals surface area contributed by atoms with Gasteiger partial charge >= 0.3 is 0 Å². The summed E-state index contributed by atoms with van der Waals surface area (Å²) < 4.78 is 0. The van der Waals surface area contributed by atoms with Gasteiger partial charge in [0.05, 0.1) is 17.1 Å². The highest BCUT2D eigenvalue weighted by atomic mass is 15.0. The first-order chi connectivity index (χ1) is 12.8. The van der Waals surface area contributed by atoms with E-state index in [9.17, 15) is 5.26 Å². The molecule has 5 heteroatoms. The largest absolute Gasteiger partial charge is 0.365 e. The molecule has 2 aromatic carbocycles. The van der Waals surface area contributed by atoms with E-state index in [0.29, 0.717) is 23.8 Å². The molecule has 2 aromatic heterocycles. The molecule has 0 aliphatic heterocycles. The van der Waals surface area contributed by atoms with E-state index in [0.717, 1.165) is 22.0 Å². The maximum absolute atomic E-state index is 9.21. The summed E-state index contributed by atoms with van der Waals surface area (Å²) >= 11 is 0. The van der Waals surface area contributed by atoms with Gasteiger partial charge in [0.1, 0.15) is 5.82 Å². The summed E-state index contributed by atoms with van der Waals surface area (Å²) in [5.74, 6) is 1.31. The predicted octanol–water partition coefficient (Wildman–Crippen LogP) is 4.18. The molecule has 124 valence electrons. The molecule has 0 aliphatic rings. The van der Waals surface area contributed by atoms with Crippen LogP contribution in [0.4, 0.5) is 5.82 Å². The summed E-state index contributed by atoms with van der Waals surface area (Å²) in [7, 11) is 0. The van der Waals surface area contributed by atoms with Gasteiger partial charge in [0, 0.05) is 29.9 Å². The highest BCUT2D eigenvalue weighted by Crippen LogP contribution is 2.26. The molecule has 0 saturated carbocycles. The number of anilines is 1. The SMILES string of the molecule is N#Cc1ccc2nc(-c3cccnc3)nc(NCc3ccccc3)c2c1. The van der Waals surface area contributed by atoms with Crippen molar-refractivity contribution in [3.8, 4) is 17.5 Å². The lowest BCUT2D eigenvalue weighted by atomic mass is 10.1. The minimum atomic E-state index is 0.581. The summed E-state index contributed by atoms with van der Waals surface area (Å²) in [5, 5.41) is 13.4. The van der Waals surface area contributed by atoms with Crippen molar-refractivity contribution in [1.29, 1.82) is 5.26 Å². The molecule has 1 N–H and O–H groups in total. The van der Waals surface area contributed by atoms with Crippen molar-refractivity contribution in [3.63, 3.8) is 0 Å². The molecule has 2 heterocycles. The second-order valence-electron chi connectivity index (χ2n) is 5.82. The van der Waals surface area contributed by atoms with Crippen LogP contribution in [0.2, 0.25) is 0 Å². The fourth-order valence-corrected chi connectivity index (χ4v) is 2.74. The van der Waals surface area contributed by atoms with Gasteiger partial charge in [-0.3, -0.25) is 4.98 Å². The minimum absolute atomic E-state index is 0.581. The number of nitriles is 1. The number of aromatic nitrogens is 3. The summed E-state index contributed by atoms with van der Waals surface area (Å²) in [5.41, 5.74) is 3.37. The van der Waals surface area contributed by atoms with Crippen LogP contribution < -0.4 is 5.32 Å². The molecular weight excluding hydrogens is 322 g/mol. The lowest BCUT2D eigenvalue weighted by Crippen LogP contribution is -2.04. The molecule has 0 saturated heterocycles. The molecule has 0 spiro atoms. The number of hydrogen-bond donors (Lipinski definition) is 1. The van der Waals surface area contributed by atoms with Crippen LogP contribution in [0.25, 0.3) is 22.3 Å². The van der Waals surface area contributed by atoms with Crippen molar-refractivity contribution < 1.29 is 0 Å². The maximum atomic E-state index is 9.21. The lowest BCUT2D eigenvalue weighted by molar-refractivity contribution is 1.10. The predicted molar refractivity (Wildman–Crippen MR) is 101 cm³/mol. The molecular formula is C21H15N5. The summed E-state index contributed by atoms with van der Waals surface area (Å²) in [6.07, 6.45) is 3.46. The third kappa shape index (κ3) is 3.21. The third-order valence-electron chi connectivity index (χ3n) is 4.05. The van der Waals surface area contributed by atoms with E-state index in [-0.39, 0.29) is 0 Å². The van der Waals surface area contributed by atoms with Gasteiger partial charge in [-0.15, -0.1) is 0 Å². The number of pyridine rings is 1. The zero-order chi connectivity index (χ0) is 17.8. The van der Waals surface area contributed by atoms with Crippen LogP contribution in [0.5, 0.6) is 0 Å². The molecule has 0 amide bonds. The van der Waals surface area contributed by atoms with E-state index in [1.54, 1.807) is 18.5 Å². The summed E-state index contributed by atoms with van der Waals surface area (Å²) in [4.78, 5) is 13.5. The maximum Gasteiger partial charge on any atom is 0.163 e. The minimum Gasteiger partial charge on any atom is -0.365 e. The lowest BCUT2D eigenvalue weighted by Gasteiger charge is -2.11. The zero-order valence-corrected chi connectivity index (χ0v) is 13.9. The first-order valence-corrected chi connectivity index (χ1v) is 8.23. The number of nitrogens with zero attached hydrogens (tertiary/aromatic N) is 4. The molecule has 4 aromatic rings. The van der Waals surface area contributed by atoms with Crippen molar-refractivity contribution >= 4 is 16.7 Å². The average Bonchev–Trinajstić information content (AvgIpc) is 2.73. The van der Waals surface area contributed by atoms with Crippen LogP contribution in [0.3, 0.4) is 0 Å². The molecule has 0 unspecified atom stereocenters. The van der Waals surface area contributed by atoms with Crippen LogP contribution in [-0.4, -0.2) is 15.0 Å². The second-order valence-corrected chi connectivity index (χ2v) is 5.82.